The number of sulfone groups is 2. The van der Waals surface area contributed by atoms with Crippen LogP contribution in [0, 0.1) is 0 Å². The second-order valence-electron chi connectivity index (χ2n) is 5.83. The predicted octanol–water partition coefficient (Wildman–Crippen LogP) is 1.50. The van der Waals surface area contributed by atoms with Crippen LogP contribution in [0.1, 0.15) is 11.1 Å². The van der Waals surface area contributed by atoms with Crippen molar-refractivity contribution in [3.8, 4) is 11.5 Å². The molecule has 0 aliphatic carbocycles. The van der Waals surface area contributed by atoms with Crippen molar-refractivity contribution in [3.05, 3.63) is 59.7 Å². The van der Waals surface area contributed by atoms with Gasteiger partial charge in [-0.15, -0.1) is 0 Å². The Kier molecular flexibility index (Phi) is 6.13. The molecule has 0 fully saturated rings. The molecular formula is C16H19BO6S2. The lowest BCUT2D eigenvalue weighted by Gasteiger charge is -2.09. The molecule has 134 valence electrons. The van der Waals surface area contributed by atoms with E-state index in [2.05, 4.69) is 0 Å². The van der Waals surface area contributed by atoms with E-state index in [0.717, 1.165) is 0 Å². The van der Waals surface area contributed by atoms with Crippen molar-refractivity contribution in [1.82, 2.24) is 0 Å². The Morgan fingerprint density at radius 2 is 1.00 bits per heavy atom. The Hall–Kier alpha value is -2.00. The molecule has 2 aromatic carbocycles. The van der Waals surface area contributed by atoms with Gasteiger partial charge in [0.1, 0.15) is 11.5 Å². The van der Waals surface area contributed by atoms with Gasteiger partial charge in [0.15, 0.2) is 19.7 Å². The first kappa shape index (κ1) is 19.3. The standard InChI is InChI=1S/C16H19BO6S2/c1-24(18,19)11-13-3-7-15(8-4-13)22-17-23-16-9-5-14(6-10-16)12-25(2,20)21/h3-10,17H,11-12H2,1-2H3. The largest absolute Gasteiger partial charge is 0.576 e. The third kappa shape index (κ3) is 7.62. The molecule has 0 saturated carbocycles. The van der Waals surface area contributed by atoms with Crippen molar-refractivity contribution in [3.63, 3.8) is 0 Å². The molecule has 9 heteroatoms. The van der Waals surface area contributed by atoms with Crippen molar-refractivity contribution in [2.45, 2.75) is 11.5 Å². The van der Waals surface area contributed by atoms with Gasteiger partial charge in [-0.2, -0.15) is 0 Å². The van der Waals surface area contributed by atoms with Gasteiger partial charge in [-0.3, -0.25) is 0 Å². The lowest BCUT2D eigenvalue weighted by Crippen LogP contribution is -2.11. The predicted molar refractivity (Wildman–Crippen MR) is 98.4 cm³/mol. The van der Waals surface area contributed by atoms with Crippen LogP contribution in [0.2, 0.25) is 0 Å². The fourth-order valence-electron chi connectivity index (χ4n) is 2.13. The number of hydrogen-bond donors (Lipinski definition) is 0. The summed E-state index contributed by atoms with van der Waals surface area (Å²) in [7, 11) is -6.14. The second kappa shape index (κ2) is 7.92. The summed E-state index contributed by atoms with van der Waals surface area (Å²) in [6.07, 6.45) is 2.37. The summed E-state index contributed by atoms with van der Waals surface area (Å²) in [6, 6.07) is 13.5. The van der Waals surface area contributed by atoms with E-state index >= 15 is 0 Å². The fourth-order valence-corrected chi connectivity index (χ4v) is 3.73. The maximum Gasteiger partial charge on any atom is 0.576 e. The Balaban J connectivity index is 1.84. The van der Waals surface area contributed by atoms with E-state index in [0.29, 0.717) is 22.6 Å². The van der Waals surface area contributed by atoms with Crippen LogP contribution in [0.25, 0.3) is 0 Å². The molecule has 25 heavy (non-hydrogen) atoms. The van der Waals surface area contributed by atoms with E-state index in [4.69, 9.17) is 9.31 Å². The molecule has 0 amide bonds. The number of hydrogen-bond acceptors (Lipinski definition) is 6. The van der Waals surface area contributed by atoms with Crippen molar-refractivity contribution < 1.29 is 26.1 Å². The van der Waals surface area contributed by atoms with E-state index in [1.807, 2.05) is 0 Å². The van der Waals surface area contributed by atoms with Gasteiger partial charge < -0.3 is 9.31 Å². The minimum Gasteiger partial charge on any atom is -0.529 e. The van der Waals surface area contributed by atoms with E-state index in [9.17, 15) is 16.8 Å². The minimum absolute atomic E-state index is 0.0103. The summed E-state index contributed by atoms with van der Waals surface area (Å²) < 4.78 is 55.8. The first-order valence-electron chi connectivity index (χ1n) is 7.40. The van der Waals surface area contributed by atoms with E-state index in [-0.39, 0.29) is 19.2 Å². The molecule has 0 bridgehead atoms. The molecule has 2 rings (SSSR count). The normalized spacial score (nSPS) is 11.8. The molecule has 0 aromatic heterocycles. The molecule has 0 N–H and O–H groups in total. The van der Waals surface area contributed by atoms with Gasteiger partial charge in [-0.1, -0.05) is 24.3 Å². The molecule has 0 aliphatic rings. The van der Waals surface area contributed by atoms with Crippen LogP contribution in [0.5, 0.6) is 11.5 Å². The minimum atomic E-state index is -3.06. The molecular weight excluding hydrogens is 363 g/mol. The van der Waals surface area contributed by atoms with Gasteiger partial charge in [0.05, 0.1) is 11.5 Å². The third-order valence-corrected chi connectivity index (χ3v) is 4.87. The maximum absolute atomic E-state index is 11.2. The van der Waals surface area contributed by atoms with Crippen LogP contribution in [-0.2, 0) is 31.2 Å². The molecule has 0 aliphatic heterocycles. The molecule has 0 atom stereocenters. The van der Waals surface area contributed by atoms with Gasteiger partial charge in [0, 0.05) is 12.5 Å². The average molecular weight is 382 g/mol. The van der Waals surface area contributed by atoms with Gasteiger partial charge in [-0.25, -0.2) is 16.8 Å². The third-order valence-electron chi connectivity index (χ3n) is 3.16. The zero-order chi connectivity index (χ0) is 18.5. The molecule has 0 spiro atoms. The Morgan fingerprint density at radius 1 is 0.680 bits per heavy atom. The van der Waals surface area contributed by atoms with Crippen molar-refractivity contribution in [2.24, 2.45) is 0 Å². The Labute approximate surface area is 148 Å². The lowest BCUT2D eigenvalue weighted by molar-refractivity contribution is 0.459. The maximum atomic E-state index is 11.2. The van der Waals surface area contributed by atoms with Gasteiger partial charge in [0.25, 0.3) is 0 Å². The summed E-state index contributed by atoms with van der Waals surface area (Å²) in [5.41, 5.74) is 1.38. The van der Waals surface area contributed by atoms with Crippen LogP contribution in [0.3, 0.4) is 0 Å². The zero-order valence-electron chi connectivity index (χ0n) is 14.0. The lowest BCUT2D eigenvalue weighted by atomic mass is 10.2. The molecule has 0 saturated heterocycles. The average Bonchev–Trinajstić information content (AvgIpc) is 2.48. The molecule has 0 unspecified atom stereocenters. The van der Waals surface area contributed by atoms with Gasteiger partial charge >= 0.3 is 7.69 Å². The Morgan fingerprint density at radius 3 is 1.28 bits per heavy atom. The van der Waals surface area contributed by atoms with E-state index < -0.39 is 19.7 Å². The highest BCUT2D eigenvalue weighted by Gasteiger charge is 2.06. The topological polar surface area (TPSA) is 86.7 Å². The fraction of sp³-hybridized carbons (Fsp3) is 0.250. The highest BCUT2D eigenvalue weighted by Crippen LogP contribution is 2.16. The van der Waals surface area contributed by atoms with Gasteiger partial charge in [0.2, 0.25) is 0 Å². The highest BCUT2D eigenvalue weighted by molar-refractivity contribution is 7.90. The number of rotatable bonds is 8. The summed E-state index contributed by atoms with van der Waals surface area (Å²) in [4.78, 5) is 0. The number of benzene rings is 2. The van der Waals surface area contributed by atoms with Crippen LogP contribution in [0.4, 0.5) is 0 Å². The van der Waals surface area contributed by atoms with Crippen LogP contribution >= 0.6 is 0 Å². The van der Waals surface area contributed by atoms with Crippen LogP contribution < -0.4 is 9.31 Å². The summed E-state index contributed by atoms with van der Waals surface area (Å²) >= 11 is 0. The zero-order valence-corrected chi connectivity index (χ0v) is 15.6. The SMILES string of the molecule is CS(=O)(=O)Cc1ccc(OBOc2ccc(CS(C)(=O)=O)cc2)cc1. The molecule has 2 aromatic rings. The summed E-state index contributed by atoms with van der Waals surface area (Å²) in [6.45, 7) is 0. The summed E-state index contributed by atoms with van der Waals surface area (Å²) in [5, 5.41) is 0. The van der Waals surface area contributed by atoms with Crippen molar-refractivity contribution >= 4 is 27.4 Å². The molecule has 0 heterocycles. The quantitative estimate of drug-likeness (QED) is 0.643. The van der Waals surface area contributed by atoms with Crippen molar-refractivity contribution in [1.29, 1.82) is 0 Å². The summed E-state index contributed by atoms with van der Waals surface area (Å²) in [5.74, 6) is 1.10. The van der Waals surface area contributed by atoms with Gasteiger partial charge in [-0.05, 0) is 35.4 Å². The van der Waals surface area contributed by atoms with Crippen molar-refractivity contribution in [2.75, 3.05) is 12.5 Å². The first-order chi connectivity index (χ1) is 11.6. The van der Waals surface area contributed by atoms with E-state index in [1.165, 1.54) is 12.5 Å². The highest BCUT2D eigenvalue weighted by atomic mass is 32.2. The van der Waals surface area contributed by atoms with Crippen LogP contribution in [-0.4, -0.2) is 37.0 Å². The second-order valence-corrected chi connectivity index (χ2v) is 10.1. The Bertz CT molecular complexity index is 827. The first-order valence-corrected chi connectivity index (χ1v) is 11.5. The monoisotopic (exact) mass is 382 g/mol. The molecule has 6 nitrogen and oxygen atoms in total. The smallest absolute Gasteiger partial charge is 0.529 e. The van der Waals surface area contributed by atoms with Crippen LogP contribution in [0.15, 0.2) is 48.5 Å². The van der Waals surface area contributed by atoms with E-state index in [1.54, 1.807) is 48.5 Å². The molecule has 0 radical (unpaired) electrons.